The second-order valence-electron chi connectivity index (χ2n) is 3.42. The molecule has 0 saturated heterocycles. The molecular formula is C12H12BrClO3. The zero-order valence-electron chi connectivity index (χ0n) is 9.33. The molecule has 1 aromatic carbocycles. The van der Waals surface area contributed by atoms with E-state index in [-0.39, 0.29) is 23.4 Å². The molecule has 0 aromatic heterocycles. The molecule has 5 heteroatoms. The van der Waals surface area contributed by atoms with Crippen LogP contribution in [0.25, 0.3) is 0 Å². The molecule has 1 aromatic rings. The van der Waals surface area contributed by atoms with Crippen molar-refractivity contribution in [2.24, 2.45) is 0 Å². The summed E-state index contributed by atoms with van der Waals surface area (Å²) in [7, 11) is 1.31. The minimum absolute atomic E-state index is 0.00674. The van der Waals surface area contributed by atoms with Crippen LogP contribution in [0.2, 0.25) is 0 Å². The largest absolute Gasteiger partial charge is 0.465 e. The molecule has 0 radical (unpaired) electrons. The van der Waals surface area contributed by atoms with Crippen molar-refractivity contribution < 1.29 is 14.3 Å². The molecule has 0 heterocycles. The Morgan fingerprint density at radius 3 is 2.65 bits per heavy atom. The number of hydrogen-bond acceptors (Lipinski definition) is 3. The molecule has 3 nitrogen and oxygen atoms in total. The summed E-state index contributed by atoms with van der Waals surface area (Å²) in [6, 6.07) is 5.17. The molecule has 92 valence electrons. The zero-order valence-corrected chi connectivity index (χ0v) is 11.7. The molecule has 0 atom stereocenters. The van der Waals surface area contributed by atoms with Gasteiger partial charge in [-0.1, -0.05) is 28.1 Å². The van der Waals surface area contributed by atoms with Gasteiger partial charge in [-0.05, 0) is 17.2 Å². The maximum absolute atomic E-state index is 11.6. The van der Waals surface area contributed by atoms with Gasteiger partial charge in [0, 0.05) is 12.3 Å². The average Bonchev–Trinajstić information content (AvgIpc) is 2.37. The fourth-order valence-corrected chi connectivity index (χ4v) is 1.96. The second-order valence-corrected chi connectivity index (χ2v) is 4.25. The third-order valence-corrected chi connectivity index (χ3v) is 3.26. The number of methoxy groups -OCH3 is 1. The second kappa shape index (κ2) is 6.77. The van der Waals surface area contributed by atoms with Gasteiger partial charge in [-0.15, -0.1) is 11.6 Å². The quantitative estimate of drug-likeness (QED) is 0.619. The Bertz CT molecular complexity index is 432. The number of Topliss-reactive ketones (excluding diaryl/α,β-unsaturated/α-hetero) is 1. The van der Waals surface area contributed by atoms with Crippen LogP contribution in [-0.2, 0) is 21.8 Å². The van der Waals surface area contributed by atoms with E-state index < -0.39 is 5.97 Å². The first-order valence-electron chi connectivity index (χ1n) is 4.96. The van der Waals surface area contributed by atoms with E-state index in [4.69, 9.17) is 11.6 Å². The predicted octanol–water partition coefficient (Wildman–Crippen LogP) is 2.72. The van der Waals surface area contributed by atoms with Crippen LogP contribution in [0, 0.1) is 0 Å². The molecule has 17 heavy (non-hydrogen) atoms. The Hall–Kier alpha value is -0.870. The van der Waals surface area contributed by atoms with E-state index in [1.54, 1.807) is 18.2 Å². The fourth-order valence-electron chi connectivity index (χ4n) is 1.51. The summed E-state index contributed by atoms with van der Waals surface area (Å²) >= 11 is 8.90. The Balaban J connectivity index is 3.20. The Morgan fingerprint density at radius 1 is 1.41 bits per heavy atom. The van der Waals surface area contributed by atoms with E-state index in [9.17, 15) is 9.59 Å². The Labute approximate surface area is 113 Å². The van der Waals surface area contributed by atoms with Crippen LogP contribution >= 0.6 is 27.5 Å². The van der Waals surface area contributed by atoms with Crippen LogP contribution in [0.4, 0.5) is 0 Å². The van der Waals surface area contributed by atoms with Gasteiger partial charge in [0.15, 0.2) is 0 Å². The van der Waals surface area contributed by atoms with Gasteiger partial charge in [0.05, 0.1) is 18.0 Å². The van der Waals surface area contributed by atoms with Gasteiger partial charge < -0.3 is 4.74 Å². The summed E-state index contributed by atoms with van der Waals surface area (Å²) in [6.07, 6.45) is 0.179. The van der Waals surface area contributed by atoms with Crippen LogP contribution in [0.15, 0.2) is 18.2 Å². The van der Waals surface area contributed by atoms with E-state index in [1.807, 2.05) is 0 Å². The van der Waals surface area contributed by atoms with Crippen molar-refractivity contribution in [3.8, 4) is 0 Å². The molecule has 0 bridgehead atoms. The van der Waals surface area contributed by atoms with Crippen LogP contribution in [-0.4, -0.2) is 24.2 Å². The molecular weight excluding hydrogens is 307 g/mol. The number of alkyl halides is 2. The number of ether oxygens (including phenoxy) is 1. The summed E-state index contributed by atoms with van der Waals surface area (Å²) in [5, 5.41) is 0.254. The predicted molar refractivity (Wildman–Crippen MR) is 69.8 cm³/mol. The maximum Gasteiger partial charge on any atom is 0.338 e. The van der Waals surface area contributed by atoms with Crippen molar-refractivity contribution in [2.45, 2.75) is 12.3 Å². The third kappa shape index (κ3) is 3.54. The lowest BCUT2D eigenvalue weighted by Crippen LogP contribution is -2.13. The highest BCUT2D eigenvalue weighted by atomic mass is 79.9. The highest BCUT2D eigenvalue weighted by Gasteiger charge is 2.16. The van der Waals surface area contributed by atoms with E-state index in [2.05, 4.69) is 20.7 Å². The molecule has 0 unspecified atom stereocenters. The van der Waals surface area contributed by atoms with Crippen LogP contribution in [0.3, 0.4) is 0 Å². The highest BCUT2D eigenvalue weighted by molar-refractivity contribution is 9.09. The smallest absolute Gasteiger partial charge is 0.338 e. The van der Waals surface area contributed by atoms with Gasteiger partial charge in [0.2, 0.25) is 0 Å². The van der Waals surface area contributed by atoms with Crippen molar-refractivity contribution in [1.82, 2.24) is 0 Å². The van der Waals surface area contributed by atoms with Gasteiger partial charge >= 0.3 is 5.97 Å². The standard InChI is InChI=1S/C12H12BrClO3/c1-17-12(16)10-4-2-3-8(7-14)11(10)5-9(15)6-13/h2-4H,5-7H2,1H3. The molecule has 1 rings (SSSR count). The summed E-state index contributed by atoms with van der Waals surface area (Å²) in [6.45, 7) is 0. The molecule has 0 aliphatic rings. The van der Waals surface area contributed by atoms with Crippen LogP contribution in [0.5, 0.6) is 0 Å². The molecule has 0 spiro atoms. The highest BCUT2D eigenvalue weighted by Crippen LogP contribution is 2.19. The van der Waals surface area contributed by atoms with Gasteiger partial charge in [-0.25, -0.2) is 4.79 Å². The van der Waals surface area contributed by atoms with Crippen molar-refractivity contribution in [3.05, 3.63) is 34.9 Å². The first-order valence-corrected chi connectivity index (χ1v) is 6.62. The SMILES string of the molecule is COC(=O)c1cccc(CCl)c1CC(=O)CBr. The number of ketones is 1. The molecule has 0 aliphatic carbocycles. The Kier molecular flexibility index (Phi) is 5.65. The van der Waals surface area contributed by atoms with Crippen molar-refractivity contribution in [3.63, 3.8) is 0 Å². The molecule has 0 saturated carbocycles. The molecule has 0 aliphatic heterocycles. The van der Waals surface area contributed by atoms with E-state index in [0.29, 0.717) is 11.1 Å². The number of benzene rings is 1. The Morgan fingerprint density at radius 2 is 2.12 bits per heavy atom. The minimum Gasteiger partial charge on any atom is -0.465 e. The number of carbonyl (C=O) groups excluding carboxylic acids is 2. The molecule has 0 amide bonds. The monoisotopic (exact) mass is 318 g/mol. The average molecular weight is 320 g/mol. The maximum atomic E-state index is 11.6. The number of rotatable bonds is 5. The summed E-state index contributed by atoms with van der Waals surface area (Å²) in [4.78, 5) is 23.1. The lowest BCUT2D eigenvalue weighted by Gasteiger charge is -2.10. The first-order chi connectivity index (χ1) is 8.13. The summed E-state index contributed by atoms with van der Waals surface area (Å²) in [5.41, 5.74) is 1.84. The van der Waals surface area contributed by atoms with E-state index in [0.717, 1.165) is 5.56 Å². The molecule has 0 N–H and O–H groups in total. The van der Waals surface area contributed by atoms with Crippen LogP contribution in [0.1, 0.15) is 21.5 Å². The van der Waals surface area contributed by atoms with E-state index >= 15 is 0 Å². The minimum atomic E-state index is -0.450. The number of carbonyl (C=O) groups is 2. The lowest BCUT2D eigenvalue weighted by molar-refractivity contribution is -0.115. The normalized spacial score (nSPS) is 10.1. The summed E-state index contributed by atoms with van der Waals surface area (Å²) in [5.74, 6) is -0.197. The van der Waals surface area contributed by atoms with Crippen LogP contribution < -0.4 is 0 Å². The van der Waals surface area contributed by atoms with Gasteiger partial charge in [-0.2, -0.15) is 0 Å². The van der Waals surface area contributed by atoms with E-state index in [1.165, 1.54) is 7.11 Å². The molecule has 0 fully saturated rings. The van der Waals surface area contributed by atoms with Crippen molar-refractivity contribution >= 4 is 39.3 Å². The number of esters is 1. The third-order valence-electron chi connectivity index (χ3n) is 2.35. The zero-order chi connectivity index (χ0) is 12.8. The van der Waals surface area contributed by atoms with Crippen molar-refractivity contribution in [1.29, 1.82) is 0 Å². The lowest BCUT2D eigenvalue weighted by atomic mass is 9.97. The fraction of sp³-hybridized carbons (Fsp3) is 0.333. The summed E-state index contributed by atoms with van der Waals surface area (Å²) < 4.78 is 4.69. The van der Waals surface area contributed by atoms with Gasteiger partial charge in [0.25, 0.3) is 0 Å². The first kappa shape index (κ1) is 14.2. The van der Waals surface area contributed by atoms with Gasteiger partial charge in [0.1, 0.15) is 5.78 Å². The van der Waals surface area contributed by atoms with Crippen molar-refractivity contribution in [2.75, 3.05) is 12.4 Å². The number of hydrogen-bond donors (Lipinski definition) is 0. The van der Waals surface area contributed by atoms with Gasteiger partial charge in [-0.3, -0.25) is 4.79 Å². The topological polar surface area (TPSA) is 43.4 Å². The number of halogens is 2.